The van der Waals surface area contributed by atoms with Gasteiger partial charge in [0.2, 0.25) is 0 Å². The summed E-state index contributed by atoms with van der Waals surface area (Å²) >= 11 is 0. The molecule has 0 fully saturated rings. The van der Waals surface area contributed by atoms with Crippen LogP contribution in [0.25, 0.3) is 0 Å². The second-order valence-electron chi connectivity index (χ2n) is 6.23. The molecule has 1 aliphatic heterocycles. The lowest BCUT2D eigenvalue weighted by Crippen LogP contribution is -2.19. The Hall–Kier alpha value is -2.39. The first-order valence-corrected chi connectivity index (χ1v) is 9.79. The third kappa shape index (κ3) is 2.65. The predicted molar refractivity (Wildman–Crippen MR) is 99.3 cm³/mol. The topological polar surface area (TPSA) is 29.4 Å². The van der Waals surface area contributed by atoms with Crippen molar-refractivity contribution in [3.8, 4) is 0 Å². The molecular weight excluding hydrogens is 314 g/mol. The van der Waals surface area contributed by atoms with Gasteiger partial charge in [0.05, 0.1) is 15.4 Å². The van der Waals surface area contributed by atoms with E-state index in [2.05, 4.69) is 22.6 Å². The van der Waals surface area contributed by atoms with Crippen molar-refractivity contribution in [2.75, 3.05) is 5.75 Å². The van der Waals surface area contributed by atoms with Crippen LogP contribution in [0.3, 0.4) is 0 Å². The molecule has 3 aromatic carbocycles. The molecule has 1 heterocycles. The number of aryl methyl sites for hydroxylation is 1. The summed E-state index contributed by atoms with van der Waals surface area (Å²) in [6.07, 6.45) is 0. The highest BCUT2D eigenvalue weighted by Crippen LogP contribution is 2.40. The minimum Gasteiger partial charge on any atom is -0.244 e. The molecule has 0 aromatic heterocycles. The monoisotopic (exact) mass is 333 g/mol. The number of rotatable bonds is 2. The van der Waals surface area contributed by atoms with Crippen molar-refractivity contribution in [3.05, 3.63) is 95.6 Å². The summed E-state index contributed by atoms with van der Waals surface area (Å²) in [6, 6.07) is 26.3. The quantitative estimate of drug-likeness (QED) is 0.626. The molecule has 0 N–H and O–H groups in total. The zero-order valence-corrected chi connectivity index (χ0v) is 14.4. The Labute approximate surface area is 143 Å². The summed E-state index contributed by atoms with van der Waals surface area (Å²) in [4.78, 5) is 0.823. The summed E-state index contributed by atoms with van der Waals surface area (Å²) in [7, 11) is -2.47. The lowest BCUT2D eigenvalue weighted by Gasteiger charge is -2.26. The smallest absolute Gasteiger partial charge is 0.0810 e. The summed E-state index contributed by atoms with van der Waals surface area (Å²) in [5, 5.41) is 0. The van der Waals surface area contributed by atoms with Crippen molar-refractivity contribution >= 4 is 15.4 Å². The van der Waals surface area contributed by atoms with Gasteiger partial charge in [0, 0.05) is 16.6 Å². The Morgan fingerprint density at radius 3 is 2.29 bits per heavy atom. The Morgan fingerprint density at radius 2 is 1.54 bits per heavy atom. The maximum Gasteiger partial charge on any atom is 0.0810 e. The fourth-order valence-electron chi connectivity index (χ4n) is 3.24. The SMILES string of the molecule is Cc1ccc(S2(=O)=Nc3ccccc3[C@H](c3ccccc3)C2)cc1. The highest BCUT2D eigenvalue weighted by Gasteiger charge is 2.29. The van der Waals surface area contributed by atoms with Crippen LogP contribution in [0.2, 0.25) is 0 Å². The lowest BCUT2D eigenvalue weighted by molar-refractivity contribution is 0.670. The number of hydrogen-bond acceptors (Lipinski definition) is 2. The third-order valence-corrected chi connectivity index (χ3v) is 6.83. The Bertz CT molecular complexity index is 984. The third-order valence-electron chi connectivity index (χ3n) is 4.54. The summed E-state index contributed by atoms with van der Waals surface area (Å²) in [5.74, 6) is 0.630. The normalized spacial score (nSPS) is 22.5. The van der Waals surface area contributed by atoms with Gasteiger partial charge in [0.1, 0.15) is 0 Å². The first-order valence-electron chi connectivity index (χ1n) is 8.11. The molecule has 2 nitrogen and oxygen atoms in total. The maximum absolute atomic E-state index is 13.7. The predicted octanol–water partition coefficient (Wildman–Crippen LogP) is 5.30. The van der Waals surface area contributed by atoms with Crippen molar-refractivity contribution in [1.29, 1.82) is 0 Å². The van der Waals surface area contributed by atoms with Crippen LogP contribution in [-0.4, -0.2) is 9.96 Å². The average Bonchev–Trinajstić information content (AvgIpc) is 2.62. The van der Waals surface area contributed by atoms with Gasteiger partial charge in [-0.2, -0.15) is 4.36 Å². The van der Waals surface area contributed by atoms with Crippen LogP contribution in [0.1, 0.15) is 22.6 Å². The average molecular weight is 333 g/mol. The van der Waals surface area contributed by atoms with Gasteiger partial charge in [-0.3, -0.25) is 0 Å². The van der Waals surface area contributed by atoms with E-state index >= 15 is 0 Å². The second-order valence-corrected chi connectivity index (χ2v) is 8.50. The van der Waals surface area contributed by atoms with E-state index in [1.165, 1.54) is 5.56 Å². The van der Waals surface area contributed by atoms with Crippen LogP contribution < -0.4 is 0 Å². The van der Waals surface area contributed by atoms with E-state index < -0.39 is 9.73 Å². The van der Waals surface area contributed by atoms with Crippen molar-refractivity contribution in [2.45, 2.75) is 17.7 Å². The molecule has 3 aromatic rings. The van der Waals surface area contributed by atoms with E-state index in [1.54, 1.807) is 0 Å². The minimum atomic E-state index is -2.47. The molecule has 2 atom stereocenters. The first-order chi connectivity index (χ1) is 11.7. The number of hydrogen-bond donors (Lipinski definition) is 0. The largest absolute Gasteiger partial charge is 0.244 e. The highest BCUT2D eigenvalue weighted by molar-refractivity contribution is 7.93. The fraction of sp³-hybridized carbons (Fsp3) is 0.143. The molecule has 0 spiro atoms. The van der Waals surface area contributed by atoms with Crippen LogP contribution in [0.4, 0.5) is 5.69 Å². The molecule has 0 aliphatic carbocycles. The van der Waals surface area contributed by atoms with Gasteiger partial charge in [-0.25, -0.2) is 4.21 Å². The van der Waals surface area contributed by atoms with Crippen LogP contribution in [0.5, 0.6) is 0 Å². The van der Waals surface area contributed by atoms with Crippen LogP contribution >= 0.6 is 0 Å². The van der Waals surface area contributed by atoms with E-state index in [0.29, 0.717) is 5.75 Å². The minimum absolute atomic E-state index is 0.105. The Morgan fingerprint density at radius 1 is 0.875 bits per heavy atom. The van der Waals surface area contributed by atoms with Gasteiger partial charge in [-0.15, -0.1) is 0 Å². The molecule has 0 radical (unpaired) electrons. The van der Waals surface area contributed by atoms with E-state index in [1.807, 2.05) is 67.6 Å². The van der Waals surface area contributed by atoms with E-state index in [0.717, 1.165) is 21.7 Å². The van der Waals surface area contributed by atoms with Crippen molar-refractivity contribution < 1.29 is 4.21 Å². The van der Waals surface area contributed by atoms with E-state index in [9.17, 15) is 4.21 Å². The molecule has 120 valence electrons. The van der Waals surface area contributed by atoms with Gasteiger partial charge in [-0.05, 0) is 36.2 Å². The molecule has 1 unspecified atom stereocenters. The summed E-state index contributed by atoms with van der Waals surface area (Å²) in [6.45, 7) is 2.04. The number of nitrogens with zero attached hydrogens (tertiary/aromatic N) is 1. The second kappa shape index (κ2) is 5.91. The molecule has 0 saturated heterocycles. The van der Waals surface area contributed by atoms with Gasteiger partial charge in [-0.1, -0.05) is 66.2 Å². The van der Waals surface area contributed by atoms with Crippen molar-refractivity contribution in [1.82, 2.24) is 0 Å². The molecule has 0 bridgehead atoms. The van der Waals surface area contributed by atoms with Crippen LogP contribution in [-0.2, 0) is 9.73 Å². The van der Waals surface area contributed by atoms with Gasteiger partial charge >= 0.3 is 0 Å². The molecule has 4 rings (SSSR count). The molecule has 0 amide bonds. The molecular formula is C21H19NOS. The highest BCUT2D eigenvalue weighted by atomic mass is 32.2. The fourth-order valence-corrected chi connectivity index (χ4v) is 5.48. The summed E-state index contributed by atoms with van der Waals surface area (Å²) in [5.41, 5.74) is 4.37. The molecule has 24 heavy (non-hydrogen) atoms. The zero-order valence-electron chi connectivity index (χ0n) is 13.6. The lowest BCUT2D eigenvalue weighted by atomic mass is 9.92. The molecule has 0 saturated carbocycles. The van der Waals surface area contributed by atoms with Crippen LogP contribution in [0.15, 0.2) is 88.1 Å². The van der Waals surface area contributed by atoms with Gasteiger partial charge < -0.3 is 0 Å². The zero-order chi connectivity index (χ0) is 16.6. The first kappa shape index (κ1) is 15.2. The molecule has 1 aliphatic rings. The number of fused-ring (bicyclic) bond motifs is 1. The number of benzene rings is 3. The standard InChI is InChI=1S/C21H19NOS/c1-16-11-13-18(14-12-16)24(23)15-20(17-7-3-2-4-8-17)19-9-5-6-10-21(19)22-24/h2-14,20H,15H2,1H3/t20-,24?/m0/s1. The Kier molecular flexibility index (Phi) is 3.73. The van der Waals surface area contributed by atoms with Gasteiger partial charge in [0.25, 0.3) is 0 Å². The summed E-state index contributed by atoms with van der Waals surface area (Å²) < 4.78 is 18.4. The Balaban J connectivity index is 1.91. The van der Waals surface area contributed by atoms with Crippen LogP contribution in [0, 0.1) is 6.92 Å². The maximum atomic E-state index is 13.7. The van der Waals surface area contributed by atoms with Gasteiger partial charge in [0.15, 0.2) is 0 Å². The van der Waals surface area contributed by atoms with E-state index in [-0.39, 0.29) is 5.92 Å². The molecule has 3 heteroatoms. The van der Waals surface area contributed by atoms with E-state index in [4.69, 9.17) is 0 Å². The van der Waals surface area contributed by atoms with Crippen molar-refractivity contribution in [3.63, 3.8) is 0 Å². The van der Waals surface area contributed by atoms with Crippen molar-refractivity contribution in [2.24, 2.45) is 4.36 Å².